The number of fused-ring (bicyclic) bond motifs is 40. The fourth-order valence-corrected chi connectivity index (χ4v) is 31.2. The lowest BCUT2D eigenvalue weighted by Gasteiger charge is -2.30. The van der Waals surface area contributed by atoms with Gasteiger partial charge in [0.1, 0.15) is 0 Å². The molecule has 1 unspecified atom stereocenters. The Morgan fingerprint density at radius 2 is 0.523 bits per heavy atom. The van der Waals surface area contributed by atoms with Gasteiger partial charge in [-0.15, -0.1) is 34.0 Å². The van der Waals surface area contributed by atoms with Crippen LogP contribution in [0.25, 0.3) is 174 Å². The summed E-state index contributed by atoms with van der Waals surface area (Å²) in [4.78, 5) is 13.7. The van der Waals surface area contributed by atoms with Crippen molar-refractivity contribution in [2.24, 2.45) is 0 Å². The first kappa shape index (κ1) is 75.6. The summed E-state index contributed by atoms with van der Waals surface area (Å²) in [5.74, 6) is 0. The van der Waals surface area contributed by atoms with E-state index < -0.39 is 12.6 Å². The number of aromatic nitrogens is 2. The molecule has 5 aromatic heterocycles. The summed E-state index contributed by atoms with van der Waals surface area (Å²) in [6, 6.07) is 161. The van der Waals surface area contributed by atoms with Crippen LogP contribution in [-0.2, 0) is 20.8 Å². The van der Waals surface area contributed by atoms with E-state index >= 15 is 4.57 Å². The molecule has 0 N–H and O–H groups in total. The van der Waals surface area contributed by atoms with E-state index in [1.54, 1.807) is 0 Å². The van der Waals surface area contributed by atoms with Gasteiger partial charge in [-0.25, -0.2) is 0 Å². The number of hydrogen-bond acceptors (Lipinski definition) is 6. The molecule has 6 aliphatic carbocycles. The second-order valence-electron chi connectivity index (χ2n) is 35.7. The molecule has 24 aromatic rings. The second-order valence-corrected chi connectivity index (χ2v) is 41.6. The Morgan fingerprint density at radius 3 is 1.02 bits per heavy atom. The number of rotatable bonds is 6. The number of para-hydroxylation sites is 2. The van der Waals surface area contributed by atoms with E-state index in [9.17, 15) is 0 Å². The van der Waals surface area contributed by atoms with Gasteiger partial charge in [-0.3, -0.25) is 9.97 Å². The molecular formula is C125H75N2OPS3. The molecule has 3 spiro atoms. The van der Waals surface area contributed by atoms with Crippen LogP contribution >= 0.6 is 41.2 Å². The van der Waals surface area contributed by atoms with Crippen molar-refractivity contribution in [2.75, 3.05) is 0 Å². The van der Waals surface area contributed by atoms with E-state index in [4.69, 9.17) is 9.97 Å². The summed E-state index contributed by atoms with van der Waals surface area (Å²) in [7, 11) is -3.46. The summed E-state index contributed by atoms with van der Waals surface area (Å²) < 4.78 is 20.8. The zero-order chi connectivity index (χ0) is 86.7. The number of pyridine rings is 2. The minimum atomic E-state index is -3.46. The first-order chi connectivity index (χ1) is 65.3. The third-order valence-electron chi connectivity index (χ3n) is 29.4. The number of nitrogens with zero attached hydrogens (tertiary/aromatic N) is 2. The Hall–Kier alpha value is -15.4. The number of thiophene rings is 3. The predicted molar refractivity (Wildman–Crippen MR) is 556 cm³/mol. The van der Waals surface area contributed by atoms with Gasteiger partial charge in [-0.2, -0.15) is 0 Å². The number of benzene rings is 19. The van der Waals surface area contributed by atoms with Gasteiger partial charge in [-0.05, 0) is 199 Å². The van der Waals surface area contributed by atoms with Crippen molar-refractivity contribution in [2.45, 2.75) is 16.2 Å². The highest BCUT2D eigenvalue weighted by atomic mass is 32.1. The van der Waals surface area contributed by atoms with Crippen LogP contribution in [0.1, 0.15) is 64.7 Å². The van der Waals surface area contributed by atoms with Gasteiger partial charge in [0.15, 0.2) is 7.14 Å². The van der Waals surface area contributed by atoms with Gasteiger partial charge in [0.25, 0.3) is 0 Å². The molecule has 0 saturated heterocycles. The Labute approximate surface area is 775 Å². The summed E-state index contributed by atoms with van der Waals surface area (Å²) in [5.41, 5.74) is 36.1. The van der Waals surface area contributed by atoms with E-state index in [2.05, 4.69) is 431 Å². The van der Waals surface area contributed by atoms with Crippen molar-refractivity contribution in [1.29, 1.82) is 0 Å². The molecule has 614 valence electrons. The van der Waals surface area contributed by atoms with Crippen LogP contribution in [0.5, 0.6) is 0 Å². The maximum atomic E-state index is 16.8. The third kappa shape index (κ3) is 10.4. The highest BCUT2D eigenvalue weighted by molar-refractivity contribution is 7.85. The first-order valence-electron chi connectivity index (χ1n) is 45.3. The zero-order valence-corrected chi connectivity index (χ0v) is 74.6. The van der Waals surface area contributed by atoms with Crippen LogP contribution in [0.4, 0.5) is 0 Å². The molecule has 0 saturated carbocycles. The van der Waals surface area contributed by atoms with Crippen molar-refractivity contribution < 1.29 is 4.57 Å². The summed E-state index contributed by atoms with van der Waals surface area (Å²) in [6.45, 7) is 0. The molecule has 0 fully saturated rings. The molecule has 132 heavy (non-hydrogen) atoms. The van der Waals surface area contributed by atoms with Crippen LogP contribution in [0, 0.1) is 0 Å². The largest absolute Gasteiger partial charge is 0.309 e. The molecule has 0 radical (unpaired) electrons. The summed E-state index contributed by atoms with van der Waals surface area (Å²) >= 11 is 5.81. The second kappa shape index (κ2) is 28.8. The van der Waals surface area contributed by atoms with Gasteiger partial charge in [0.2, 0.25) is 0 Å². The van der Waals surface area contributed by atoms with Crippen LogP contribution in [0.15, 0.2) is 455 Å². The van der Waals surface area contributed by atoms with Crippen LogP contribution in [0.2, 0.25) is 0 Å². The Morgan fingerprint density at radius 1 is 0.205 bits per heavy atom. The molecule has 30 rings (SSSR count). The Bertz CT molecular complexity index is 8950. The standard InChI is InChI=1S/C47H29OPS.C42H25NS.C36H21NS/c48-49(34-26-24-30-12-1-3-14-32(30)28-34,35-27-25-31-13-2-4-15-33(31)29-35)42-22-11-21-41-45(42)44-38-18-7-10-23-43(38)50-46(44)47(41)39-19-8-5-16-36(39)37-17-6-9-20-40(37)47;1-4-15-35-31(11-1)32-23-22-29(26-18-20-27(21-19-26)30-14-7-9-28-10-8-24-43-40(28)30)25-37(32)42(35)36-16-5-2-12-33(36)39-34-13-3-6-17-38(34)44-41(39)42;1-4-15-29-25(11-1)26-12-2-5-16-30(26)36(29)31-21-23(24-14-7-9-22-10-8-20-37-34(22)24)18-19-27(31)33-28-13-3-6-17-32(28)38-35(33)36/h1-29H;1-25H;1-21H. The summed E-state index contributed by atoms with van der Waals surface area (Å²) in [5, 5.41) is 13.4. The molecule has 3 nitrogen and oxygen atoms in total. The Balaban J connectivity index is 0.0000001000. The van der Waals surface area contributed by atoms with E-state index in [1.165, 1.54) is 189 Å². The highest BCUT2D eigenvalue weighted by Crippen LogP contribution is 2.71. The van der Waals surface area contributed by atoms with E-state index in [0.29, 0.717) is 0 Å². The minimum Gasteiger partial charge on any atom is -0.309 e. The molecule has 0 amide bonds. The monoisotopic (exact) mass is 1750 g/mol. The van der Waals surface area contributed by atoms with Gasteiger partial charge >= 0.3 is 0 Å². The van der Waals surface area contributed by atoms with Gasteiger partial charge in [0.05, 0.1) is 27.3 Å². The van der Waals surface area contributed by atoms with E-state index in [0.717, 1.165) is 65.0 Å². The van der Waals surface area contributed by atoms with Crippen LogP contribution in [-0.4, -0.2) is 9.97 Å². The van der Waals surface area contributed by atoms with Crippen molar-refractivity contribution in [3.8, 4) is 100 Å². The molecular weight excluding hydrogens is 1670 g/mol. The lowest BCUT2D eigenvalue weighted by atomic mass is 9.73. The molecule has 5 heterocycles. The third-order valence-corrected chi connectivity index (χ3v) is 36.3. The molecule has 0 bridgehead atoms. The minimum absolute atomic E-state index is 0.324. The van der Waals surface area contributed by atoms with Crippen molar-refractivity contribution >= 4 is 131 Å². The molecule has 19 aromatic carbocycles. The maximum Gasteiger partial charge on any atom is 0.171 e. The normalized spacial score (nSPS) is 14.5. The molecule has 0 aliphatic heterocycles. The maximum absolute atomic E-state index is 16.8. The SMILES string of the molecule is O=P(c1ccc2ccccc2c1)(c1ccc2ccccc2c1)c1cccc2c1-c1c(sc3ccccc13)C21c2ccccc2-c2ccccc21.c1ccc2c(c1)-c1ccc(-c3ccc(-c4cccc5cccnc45)cc3)cc1C21c2ccccc2-c2c1sc1ccccc21.c1ccc2c(c1)-c1ccccc1C21c2cc(-c3cccc4cccnc34)ccc2-c2c1sc1ccccc21. The quantitative estimate of drug-likeness (QED) is 0.156. The molecule has 7 heteroatoms. The van der Waals surface area contributed by atoms with Gasteiger partial charge < -0.3 is 4.57 Å². The molecule has 1 atom stereocenters. The molecule has 6 aliphatic rings. The number of hydrogen-bond donors (Lipinski definition) is 0. The van der Waals surface area contributed by atoms with Crippen LogP contribution < -0.4 is 15.9 Å². The fraction of sp³-hybridized carbons (Fsp3) is 0.0240. The van der Waals surface area contributed by atoms with E-state index in [-0.39, 0.29) is 10.8 Å². The fourth-order valence-electron chi connectivity index (χ4n) is 23.9. The predicted octanol–water partition coefficient (Wildman–Crippen LogP) is 31.8. The van der Waals surface area contributed by atoms with Gasteiger partial charge in [-0.1, -0.05) is 388 Å². The lowest BCUT2D eigenvalue weighted by Crippen LogP contribution is -2.29. The Kier molecular flexibility index (Phi) is 16.5. The topological polar surface area (TPSA) is 42.9 Å². The summed E-state index contributed by atoms with van der Waals surface area (Å²) in [6.07, 6.45) is 3.77. The van der Waals surface area contributed by atoms with Crippen molar-refractivity contribution in [1.82, 2.24) is 9.97 Å². The smallest absolute Gasteiger partial charge is 0.171 e. The first-order valence-corrected chi connectivity index (χ1v) is 49.5. The highest BCUT2D eigenvalue weighted by Gasteiger charge is 2.58. The lowest BCUT2D eigenvalue weighted by molar-refractivity contribution is 0.592. The average molecular weight is 1750 g/mol. The van der Waals surface area contributed by atoms with Gasteiger partial charge in [0, 0.05) is 112 Å². The van der Waals surface area contributed by atoms with Crippen LogP contribution in [0.3, 0.4) is 0 Å². The van der Waals surface area contributed by atoms with E-state index in [1.807, 2.05) is 58.5 Å². The van der Waals surface area contributed by atoms with Crippen molar-refractivity contribution in [3.05, 3.63) is 520 Å². The average Bonchev–Trinajstić information content (AvgIpc) is 1.51. The van der Waals surface area contributed by atoms with Crippen molar-refractivity contribution in [3.63, 3.8) is 0 Å². The zero-order valence-electron chi connectivity index (χ0n) is 71.3.